The van der Waals surface area contributed by atoms with Gasteiger partial charge in [-0.05, 0) is 48.2 Å². The zero-order valence-electron chi connectivity index (χ0n) is 23.0. The molecule has 3 aromatic rings. The highest BCUT2D eigenvalue weighted by Gasteiger charge is 2.34. The van der Waals surface area contributed by atoms with Crippen LogP contribution in [0.1, 0.15) is 55.5 Å². The lowest BCUT2D eigenvalue weighted by molar-refractivity contribution is -0.137. The Hall–Kier alpha value is -2.59. The molecule has 0 saturated carbocycles. The Morgan fingerprint density at radius 2 is 1.70 bits per heavy atom. The normalized spacial score (nSPS) is 13.4. The van der Waals surface area contributed by atoms with Crippen LogP contribution in [0.5, 0.6) is 5.75 Å². The second kappa shape index (κ2) is 12.9. The standard InChI is InChI=1S/C30H35ClF3NO4S/c1-21(36)25-15-14-24(18-27(25)40(4,37)38)39-17-9-16-35(20-29(2,3)23-11-6-5-7-12-23)19-22-10-8-13-26(28(22)31)30(32,33)34/h5-8,10-15,18,21,36H,9,16-17,19-20H2,1-4H3. The van der Waals surface area contributed by atoms with E-state index >= 15 is 0 Å². The molecule has 0 amide bonds. The fourth-order valence-corrected chi connectivity index (χ4v) is 5.95. The number of ether oxygens (including phenoxy) is 1. The van der Waals surface area contributed by atoms with Crippen molar-refractivity contribution < 1.29 is 31.4 Å². The van der Waals surface area contributed by atoms with Gasteiger partial charge in [-0.2, -0.15) is 13.2 Å². The molecule has 3 aromatic carbocycles. The van der Waals surface area contributed by atoms with Crippen LogP contribution in [0, 0.1) is 0 Å². The number of aliphatic hydroxyl groups excluding tert-OH is 1. The van der Waals surface area contributed by atoms with Crippen LogP contribution in [-0.2, 0) is 28.0 Å². The number of hydrogen-bond acceptors (Lipinski definition) is 5. The minimum Gasteiger partial charge on any atom is -0.494 e. The maximum Gasteiger partial charge on any atom is 0.417 e. The van der Waals surface area contributed by atoms with Crippen LogP contribution < -0.4 is 4.74 Å². The fraction of sp³-hybridized carbons (Fsp3) is 0.400. The molecular formula is C30H35ClF3NO4S. The van der Waals surface area contributed by atoms with E-state index < -0.39 is 27.7 Å². The monoisotopic (exact) mass is 597 g/mol. The van der Waals surface area contributed by atoms with Crippen LogP contribution in [0.3, 0.4) is 0 Å². The molecule has 0 aromatic heterocycles. The summed E-state index contributed by atoms with van der Waals surface area (Å²) in [5.41, 5.74) is 0.602. The molecule has 10 heteroatoms. The van der Waals surface area contributed by atoms with Crippen LogP contribution in [0.15, 0.2) is 71.6 Å². The lowest BCUT2D eigenvalue weighted by Crippen LogP contribution is -2.37. The van der Waals surface area contributed by atoms with Gasteiger partial charge in [-0.25, -0.2) is 8.42 Å². The third kappa shape index (κ3) is 8.46. The smallest absolute Gasteiger partial charge is 0.417 e. The molecule has 0 aliphatic rings. The fourth-order valence-electron chi connectivity index (χ4n) is 4.66. The molecule has 0 heterocycles. The first-order valence-corrected chi connectivity index (χ1v) is 15.1. The van der Waals surface area contributed by atoms with Crippen molar-refractivity contribution >= 4 is 21.4 Å². The summed E-state index contributed by atoms with van der Waals surface area (Å²) in [6, 6.07) is 18.4. The molecule has 0 radical (unpaired) electrons. The Bertz CT molecular complexity index is 1390. The van der Waals surface area contributed by atoms with Gasteiger partial charge in [0.1, 0.15) is 5.75 Å². The molecule has 0 aliphatic heterocycles. The molecule has 0 spiro atoms. The van der Waals surface area contributed by atoms with E-state index in [4.69, 9.17) is 16.3 Å². The molecule has 1 atom stereocenters. The molecule has 40 heavy (non-hydrogen) atoms. The number of alkyl halides is 3. The van der Waals surface area contributed by atoms with Crippen molar-refractivity contribution in [1.82, 2.24) is 4.90 Å². The molecule has 5 nitrogen and oxygen atoms in total. The molecule has 1 unspecified atom stereocenters. The van der Waals surface area contributed by atoms with Crippen LogP contribution >= 0.6 is 11.6 Å². The maximum atomic E-state index is 13.5. The second-order valence-corrected chi connectivity index (χ2v) is 12.9. The summed E-state index contributed by atoms with van der Waals surface area (Å²) >= 11 is 6.22. The van der Waals surface area contributed by atoms with E-state index in [2.05, 4.69) is 18.7 Å². The number of rotatable bonds is 12. The first-order chi connectivity index (χ1) is 18.6. The van der Waals surface area contributed by atoms with Gasteiger partial charge in [0.05, 0.1) is 28.2 Å². The summed E-state index contributed by atoms with van der Waals surface area (Å²) in [6.45, 7) is 7.15. The van der Waals surface area contributed by atoms with Crippen molar-refractivity contribution in [2.75, 3.05) is 26.0 Å². The molecular weight excluding hydrogens is 563 g/mol. The summed E-state index contributed by atoms with van der Waals surface area (Å²) in [7, 11) is -3.59. The summed E-state index contributed by atoms with van der Waals surface area (Å²) in [5, 5.41) is 9.62. The lowest BCUT2D eigenvalue weighted by atomic mass is 9.84. The van der Waals surface area contributed by atoms with Crippen LogP contribution in [-0.4, -0.2) is 44.4 Å². The van der Waals surface area contributed by atoms with E-state index in [9.17, 15) is 26.7 Å². The van der Waals surface area contributed by atoms with Crippen molar-refractivity contribution in [3.8, 4) is 5.75 Å². The quantitative estimate of drug-likeness (QED) is 0.226. The van der Waals surface area contributed by atoms with Gasteiger partial charge in [0, 0.05) is 31.3 Å². The molecule has 3 rings (SSSR count). The van der Waals surface area contributed by atoms with Crippen molar-refractivity contribution in [3.63, 3.8) is 0 Å². The Morgan fingerprint density at radius 3 is 2.30 bits per heavy atom. The molecule has 1 N–H and O–H groups in total. The van der Waals surface area contributed by atoms with Gasteiger partial charge < -0.3 is 9.84 Å². The van der Waals surface area contributed by atoms with Gasteiger partial charge in [-0.1, -0.05) is 74.0 Å². The van der Waals surface area contributed by atoms with Gasteiger partial charge in [0.15, 0.2) is 9.84 Å². The van der Waals surface area contributed by atoms with E-state index in [1.54, 1.807) is 12.1 Å². The number of halogens is 4. The Morgan fingerprint density at radius 1 is 1.02 bits per heavy atom. The van der Waals surface area contributed by atoms with E-state index in [0.29, 0.717) is 36.4 Å². The minimum absolute atomic E-state index is 0.00502. The highest BCUT2D eigenvalue weighted by Crippen LogP contribution is 2.37. The second-order valence-electron chi connectivity index (χ2n) is 10.6. The first-order valence-electron chi connectivity index (χ1n) is 12.9. The van der Waals surface area contributed by atoms with E-state index in [1.165, 1.54) is 25.1 Å². The summed E-state index contributed by atoms with van der Waals surface area (Å²) in [5.74, 6) is 0.349. The van der Waals surface area contributed by atoms with Gasteiger partial charge in [0.25, 0.3) is 0 Å². The molecule has 218 valence electrons. The number of sulfone groups is 1. The van der Waals surface area contributed by atoms with Crippen LogP contribution in [0.2, 0.25) is 5.02 Å². The SMILES string of the molecule is CC(O)c1ccc(OCCCN(Cc2cccc(C(F)(F)F)c2Cl)CC(C)(C)c2ccccc2)cc1S(C)(=O)=O. The molecule has 0 fully saturated rings. The van der Waals surface area contributed by atoms with E-state index in [0.717, 1.165) is 17.9 Å². The number of hydrogen-bond donors (Lipinski definition) is 1. The zero-order valence-corrected chi connectivity index (χ0v) is 24.6. The maximum absolute atomic E-state index is 13.5. The Kier molecular flexibility index (Phi) is 10.3. The van der Waals surface area contributed by atoms with Crippen molar-refractivity contribution in [2.24, 2.45) is 0 Å². The van der Waals surface area contributed by atoms with Gasteiger partial charge in [-0.3, -0.25) is 4.90 Å². The molecule has 0 aliphatic carbocycles. The van der Waals surface area contributed by atoms with Gasteiger partial charge in [-0.15, -0.1) is 0 Å². The predicted octanol–water partition coefficient (Wildman–Crippen LogP) is 7.06. The summed E-state index contributed by atoms with van der Waals surface area (Å²) in [6.07, 6.45) is -3.91. The number of nitrogens with zero attached hydrogens (tertiary/aromatic N) is 1. The van der Waals surface area contributed by atoms with Gasteiger partial charge >= 0.3 is 6.18 Å². The third-order valence-corrected chi connectivity index (χ3v) is 8.27. The number of benzene rings is 3. The van der Waals surface area contributed by atoms with Crippen molar-refractivity contribution in [2.45, 2.75) is 56.3 Å². The lowest BCUT2D eigenvalue weighted by Gasteiger charge is -2.33. The van der Waals surface area contributed by atoms with Crippen molar-refractivity contribution in [1.29, 1.82) is 0 Å². The third-order valence-electron chi connectivity index (χ3n) is 6.67. The highest BCUT2D eigenvalue weighted by molar-refractivity contribution is 7.90. The van der Waals surface area contributed by atoms with Crippen LogP contribution in [0.25, 0.3) is 0 Å². The first kappa shape index (κ1) is 31.9. The minimum atomic E-state index is -4.55. The largest absolute Gasteiger partial charge is 0.494 e. The van der Waals surface area contributed by atoms with Gasteiger partial charge in [0.2, 0.25) is 0 Å². The number of aliphatic hydroxyl groups is 1. The Balaban J connectivity index is 1.78. The van der Waals surface area contributed by atoms with Crippen LogP contribution in [0.4, 0.5) is 13.2 Å². The average Bonchev–Trinajstić information content (AvgIpc) is 2.86. The summed E-state index contributed by atoms with van der Waals surface area (Å²) < 4.78 is 70.7. The highest BCUT2D eigenvalue weighted by atomic mass is 35.5. The van der Waals surface area contributed by atoms with E-state index in [-0.39, 0.29) is 28.5 Å². The van der Waals surface area contributed by atoms with E-state index in [1.807, 2.05) is 30.3 Å². The molecule has 0 saturated heterocycles. The summed E-state index contributed by atoms with van der Waals surface area (Å²) in [4.78, 5) is 2.06. The topological polar surface area (TPSA) is 66.8 Å². The predicted molar refractivity (Wildman–Crippen MR) is 151 cm³/mol. The average molecular weight is 598 g/mol. The Labute approximate surface area is 239 Å². The van der Waals surface area contributed by atoms with Crippen molar-refractivity contribution in [3.05, 3.63) is 94.0 Å². The zero-order chi connectivity index (χ0) is 29.7. The molecule has 0 bridgehead atoms.